The first-order chi connectivity index (χ1) is 8.18. The van der Waals surface area contributed by atoms with Gasteiger partial charge in [0.15, 0.2) is 0 Å². The number of ether oxygens (including phenoxy) is 2. The van der Waals surface area contributed by atoms with Gasteiger partial charge in [0.2, 0.25) is 0 Å². The standard InChI is InChI=1S/C14H24GeO2/c1-6-15(7-2,8-3)14-12(16-4)10-9-11-13(14)17-5/h9-11H,6-8H2,1-5H3. The van der Waals surface area contributed by atoms with Gasteiger partial charge in [0.05, 0.1) is 0 Å². The van der Waals surface area contributed by atoms with Crippen LogP contribution < -0.4 is 13.9 Å². The average molecular weight is 297 g/mol. The molecule has 0 bridgehead atoms. The second-order valence-electron chi connectivity index (χ2n) is 4.38. The molecule has 0 unspecified atom stereocenters. The minimum atomic E-state index is -2.04. The molecule has 0 atom stereocenters. The molecule has 0 aliphatic carbocycles. The van der Waals surface area contributed by atoms with E-state index in [1.165, 1.54) is 20.2 Å². The third-order valence-corrected chi connectivity index (χ3v) is 15.8. The Morgan fingerprint density at radius 3 is 1.59 bits per heavy atom. The van der Waals surface area contributed by atoms with E-state index in [0.29, 0.717) is 0 Å². The first-order valence-electron chi connectivity index (χ1n) is 6.40. The van der Waals surface area contributed by atoms with Crippen LogP contribution in [0.1, 0.15) is 20.8 Å². The van der Waals surface area contributed by atoms with Crippen molar-refractivity contribution >= 4 is 17.7 Å². The summed E-state index contributed by atoms with van der Waals surface area (Å²) in [4.78, 5) is 0. The summed E-state index contributed by atoms with van der Waals surface area (Å²) < 4.78 is 12.5. The van der Waals surface area contributed by atoms with Gasteiger partial charge in [0.25, 0.3) is 0 Å². The van der Waals surface area contributed by atoms with E-state index in [4.69, 9.17) is 9.47 Å². The summed E-state index contributed by atoms with van der Waals surface area (Å²) in [6.07, 6.45) is 0. The molecule has 0 amide bonds. The zero-order valence-electron chi connectivity index (χ0n) is 11.7. The molecule has 0 saturated carbocycles. The Morgan fingerprint density at radius 2 is 1.29 bits per heavy atom. The summed E-state index contributed by atoms with van der Waals surface area (Å²) in [5.41, 5.74) is 0. The maximum atomic E-state index is 5.57. The Kier molecular flexibility index (Phi) is 5.38. The van der Waals surface area contributed by atoms with Gasteiger partial charge in [-0.15, -0.1) is 0 Å². The Bertz CT molecular complexity index is 329. The van der Waals surface area contributed by atoms with Gasteiger partial charge < -0.3 is 0 Å². The average Bonchev–Trinajstić information content (AvgIpc) is 2.41. The van der Waals surface area contributed by atoms with E-state index >= 15 is 0 Å². The van der Waals surface area contributed by atoms with Crippen LogP contribution in [-0.2, 0) is 0 Å². The van der Waals surface area contributed by atoms with Crippen LogP contribution in [0.2, 0.25) is 15.8 Å². The van der Waals surface area contributed by atoms with Gasteiger partial charge in [0, 0.05) is 0 Å². The van der Waals surface area contributed by atoms with Gasteiger partial charge >= 0.3 is 108 Å². The van der Waals surface area contributed by atoms with E-state index in [1.54, 1.807) is 14.2 Å². The Balaban J connectivity index is 3.43. The van der Waals surface area contributed by atoms with Gasteiger partial charge in [-0.05, 0) is 0 Å². The van der Waals surface area contributed by atoms with Crippen LogP contribution in [0.3, 0.4) is 0 Å². The molecule has 0 radical (unpaired) electrons. The van der Waals surface area contributed by atoms with E-state index in [-0.39, 0.29) is 0 Å². The molecule has 0 saturated heterocycles. The topological polar surface area (TPSA) is 18.5 Å². The van der Waals surface area contributed by atoms with Gasteiger partial charge in [-0.25, -0.2) is 0 Å². The maximum absolute atomic E-state index is 5.57. The summed E-state index contributed by atoms with van der Waals surface area (Å²) in [5, 5.41) is 3.84. The van der Waals surface area contributed by atoms with Crippen LogP contribution in [0.15, 0.2) is 18.2 Å². The van der Waals surface area contributed by atoms with Crippen molar-refractivity contribution in [1.29, 1.82) is 0 Å². The predicted molar refractivity (Wildman–Crippen MR) is 76.4 cm³/mol. The Hall–Kier alpha value is -0.637. The number of rotatable bonds is 6. The molecule has 0 aromatic heterocycles. The van der Waals surface area contributed by atoms with Gasteiger partial charge in [-0.1, -0.05) is 0 Å². The van der Waals surface area contributed by atoms with Gasteiger partial charge in [0.1, 0.15) is 0 Å². The van der Waals surface area contributed by atoms with Crippen molar-refractivity contribution in [3.8, 4) is 11.5 Å². The molecular weight excluding hydrogens is 273 g/mol. The third kappa shape index (κ3) is 2.62. The number of methoxy groups -OCH3 is 2. The van der Waals surface area contributed by atoms with Crippen molar-refractivity contribution < 1.29 is 9.47 Å². The molecule has 0 aliphatic heterocycles. The second-order valence-corrected chi connectivity index (χ2v) is 15.3. The van der Waals surface area contributed by atoms with Crippen molar-refractivity contribution in [2.45, 2.75) is 36.5 Å². The van der Waals surface area contributed by atoms with Crippen molar-refractivity contribution in [3.63, 3.8) is 0 Å². The zero-order chi connectivity index (χ0) is 12.9. The van der Waals surface area contributed by atoms with Crippen LogP contribution in [-0.4, -0.2) is 27.5 Å². The van der Waals surface area contributed by atoms with E-state index < -0.39 is 13.3 Å². The van der Waals surface area contributed by atoms with E-state index in [9.17, 15) is 0 Å². The first-order valence-corrected chi connectivity index (χ1v) is 11.9. The van der Waals surface area contributed by atoms with Crippen LogP contribution in [0, 0.1) is 0 Å². The Labute approximate surface area is 108 Å². The van der Waals surface area contributed by atoms with Crippen molar-refractivity contribution in [3.05, 3.63) is 18.2 Å². The predicted octanol–water partition coefficient (Wildman–Crippen LogP) is 3.42. The molecule has 3 heteroatoms. The van der Waals surface area contributed by atoms with Crippen molar-refractivity contribution in [1.82, 2.24) is 0 Å². The van der Waals surface area contributed by atoms with Crippen LogP contribution in [0.4, 0.5) is 0 Å². The third-order valence-electron chi connectivity index (χ3n) is 3.99. The molecular formula is C14H24GeO2. The molecule has 0 heterocycles. The molecule has 17 heavy (non-hydrogen) atoms. The SMILES string of the molecule is C[CH2][Ge]([CH2]C)([CH2]C)[c]1c(OC)cccc1OC. The van der Waals surface area contributed by atoms with E-state index in [0.717, 1.165) is 11.5 Å². The van der Waals surface area contributed by atoms with E-state index in [2.05, 4.69) is 32.9 Å². The fourth-order valence-electron chi connectivity index (χ4n) is 2.65. The number of hydrogen-bond donors (Lipinski definition) is 0. The molecule has 0 aliphatic rings. The number of benzene rings is 1. The zero-order valence-corrected chi connectivity index (χ0v) is 13.8. The summed E-state index contributed by atoms with van der Waals surface area (Å²) in [6.45, 7) is 6.96. The summed E-state index contributed by atoms with van der Waals surface area (Å²) in [5.74, 6) is 2.05. The summed E-state index contributed by atoms with van der Waals surface area (Å²) >= 11 is -2.04. The van der Waals surface area contributed by atoms with Crippen molar-refractivity contribution in [2.24, 2.45) is 0 Å². The monoisotopic (exact) mass is 298 g/mol. The fraction of sp³-hybridized carbons (Fsp3) is 0.571. The molecule has 1 aromatic carbocycles. The molecule has 1 rings (SSSR count). The van der Waals surface area contributed by atoms with Crippen LogP contribution in [0.25, 0.3) is 0 Å². The normalized spacial score (nSPS) is 11.4. The Morgan fingerprint density at radius 1 is 0.882 bits per heavy atom. The fourth-order valence-corrected chi connectivity index (χ4v) is 11.0. The molecule has 0 spiro atoms. The number of hydrogen-bond acceptors (Lipinski definition) is 2. The second kappa shape index (κ2) is 6.34. The molecule has 2 nitrogen and oxygen atoms in total. The minimum absolute atomic E-state index is 1.02. The van der Waals surface area contributed by atoms with Gasteiger partial charge in [-0.3, -0.25) is 0 Å². The van der Waals surface area contributed by atoms with Crippen LogP contribution >= 0.6 is 0 Å². The summed E-state index contributed by atoms with van der Waals surface area (Å²) in [7, 11) is 3.51. The van der Waals surface area contributed by atoms with Crippen LogP contribution in [0.5, 0.6) is 11.5 Å². The molecule has 1 aromatic rings. The van der Waals surface area contributed by atoms with Gasteiger partial charge in [-0.2, -0.15) is 0 Å². The molecule has 0 fully saturated rings. The van der Waals surface area contributed by atoms with E-state index in [1.807, 2.05) is 6.07 Å². The summed E-state index contributed by atoms with van der Waals surface area (Å²) in [6, 6.07) is 6.15. The van der Waals surface area contributed by atoms with Crippen molar-refractivity contribution in [2.75, 3.05) is 14.2 Å². The molecule has 96 valence electrons. The quantitative estimate of drug-likeness (QED) is 0.749. The molecule has 0 N–H and O–H groups in total. The first kappa shape index (κ1) is 14.4.